The van der Waals surface area contributed by atoms with Gasteiger partial charge in [-0.2, -0.15) is 0 Å². The molecule has 0 heterocycles. The molecule has 0 saturated carbocycles. The van der Waals surface area contributed by atoms with E-state index in [2.05, 4.69) is 34.1 Å². The minimum Gasteiger partial charge on any atom is -0.0654 e. The van der Waals surface area contributed by atoms with Crippen LogP contribution in [0.25, 0.3) is 0 Å². The Morgan fingerprint density at radius 2 is 0.567 bits per heavy atom. The molecule has 0 spiro atoms. The molecule has 0 aliphatic rings. The van der Waals surface area contributed by atoms with Crippen molar-refractivity contribution in [3.05, 3.63) is 6.42 Å². The second-order valence-corrected chi connectivity index (χ2v) is 10.2. The van der Waals surface area contributed by atoms with Gasteiger partial charge in [0.05, 0.1) is 0 Å². The molecule has 0 amide bonds. The molecule has 0 heteroatoms. The van der Waals surface area contributed by atoms with E-state index in [9.17, 15) is 0 Å². The lowest BCUT2D eigenvalue weighted by Crippen LogP contribution is -2.11. The third-order valence-corrected chi connectivity index (χ3v) is 7.01. The normalized spacial score (nSPS) is 12.7. The lowest BCUT2D eigenvalue weighted by molar-refractivity contribution is 0.365. The summed E-state index contributed by atoms with van der Waals surface area (Å²) in [5.41, 5.74) is 0. The van der Waals surface area contributed by atoms with Crippen molar-refractivity contribution in [1.82, 2.24) is 0 Å². The average molecular weight is 422 g/mol. The summed E-state index contributed by atoms with van der Waals surface area (Å²) in [5, 5.41) is 0. The first kappa shape index (κ1) is 30.0. The monoisotopic (exact) mass is 421 g/mol. The molecular weight excluding hydrogens is 360 g/mol. The van der Waals surface area contributed by atoms with Gasteiger partial charge in [0.25, 0.3) is 0 Å². The smallest absolute Gasteiger partial charge is 0.0324 e. The lowest BCUT2D eigenvalue weighted by atomic mass is 9.82. The van der Waals surface area contributed by atoms with Gasteiger partial charge in [-0.05, 0) is 18.3 Å². The molecule has 0 fully saturated rings. The van der Waals surface area contributed by atoms with Crippen molar-refractivity contribution in [2.24, 2.45) is 11.8 Å². The summed E-state index contributed by atoms with van der Waals surface area (Å²) in [6.45, 7) is 9.33. The summed E-state index contributed by atoms with van der Waals surface area (Å²) in [7, 11) is 0. The summed E-state index contributed by atoms with van der Waals surface area (Å²) >= 11 is 0. The van der Waals surface area contributed by atoms with Gasteiger partial charge in [0.1, 0.15) is 0 Å². The van der Waals surface area contributed by atoms with Crippen LogP contribution in [-0.4, -0.2) is 0 Å². The molecule has 181 valence electrons. The first-order chi connectivity index (χ1) is 14.8. The molecule has 1 atom stereocenters. The zero-order chi connectivity index (χ0) is 22.1. The number of hydrogen-bond donors (Lipinski definition) is 0. The second-order valence-electron chi connectivity index (χ2n) is 10.2. The Morgan fingerprint density at radius 1 is 0.333 bits per heavy atom. The summed E-state index contributed by atoms with van der Waals surface area (Å²) < 4.78 is 0. The van der Waals surface area contributed by atoms with Crippen molar-refractivity contribution >= 4 is 0 Å². The zero-order valence-corrected chi connectivity index (χ0v) is 22.0. The van der Waals surface area contributed by atoms with Gasteiger partial charge in [-0.1, -0.05) is 175 Å². The standard InChI is InChI=1S/C30H61/c1-5-9-13-16-19-23-27-29(24-20-12-8-4)28-30(25-21-17-14-10-6-2)26-22-18-15-11-7-3/h28-30H,5-27H2,1-4H3. The first-order valence-corrected chi connectivity index (χ1v) is 14.6. The van der Waals surface area contributed by atoms with Gasteiger partial charge in [-0.25, -0.2) is 0 Å². The van der Waals surface area contributed by atoms with E-state index < -0.39 is 0 Å². The average Bonchev–Trinajstić information content (AvgIpc) is 2.75. The molecule has 30 heavy (non-hydrogen) atoms. The minimum absolute atomic E-state index is 0.902. The number of rotatable bonds is 25. The quantitative estimate of drug-likeness (QED) is 0.128. The molecule has 0 aromatic carbocycles. The fourth-order valence-corrected chi connectivity index (χ4v) is 4.92. The highest BCUT2D eigenvalue weighted by Gasteiger charge is 2.17. The van der Waals surface area contributed by atoms with E-state index in [1.54, 1.807) is 0 Å². The predicted octanol–water partition coefficient (Wildman–Crippen LogP) is 11.5. The molecule has 1 unspecified atom stereocenters. The van der Waals surface area contributed by atoms with Crippen LogP contribution < -0.4 is 0 Å². The van der Waals surface area contributed by atoms with Crippen LogP contribution in [0.3, 0.4) is 0 Å². The van der Waals surface area contributed by atoms with Crippen LogP contribution in [0, 0.1) is 18.3 Å². The van der Waals surface area contributed by atoms with Crippen molar-refractivity contribution < 1.29 is 0 Å². The van der Waals surface area contributed by atoms with E-state index in [1.807, 2.05) is 0 Å². The van der Waals surface area contributed by atoms with Gasteiger partial charge < -0.3 is 0 Å². The number of unbranched alkanes of at least 4 members (excludes halogenated alkanes) is 15. The molecule has 0 rings (SSSR count). The Hall–Kier alpha value is 0. The second kappa shape index (κ2) is 25.3. The highest BCUT2D eigenvalue weighted by Crippen LogP contribution is 2.30. The van der Waals surface area contributed by atoms with Gasteiger partial charge in [-0.3, -0.25) is 0 Å². The maximum atomic E-state index is 2.88. The number of hydrogen-bond acceptors (Lipinski definition) is 0. The molecular formula is C30H61. The third kappa shape index (κ3) is 21.2. The van der Waals surface area contributed by atoms with Gasteiger partial charge in [0.15, 0.2) is 0 Å². The van der Waals surface area contributed by atoms with Gasteiger partial charge in [0, 0.05) is 0 Å². The van der Waals surface area contributed by atoms with Gasteiger partial charge in [0.2, 0.25) is 0 Å². The minimum atomic E-state index is 0.902. The zero-order valence-electron chi connectivity index (χ0n) is 22.0. The highest BCUT2D eigenvalue weighted by molar-refractivity contribution is 4.84. The van der Waals surface area contributed by atoms with Crippen LogP contribution in [-0.2, 0) is 0 Å². The molecule has 0 aliphatic carbocycles. The summed E-state index contributed by atoms with van der Waals surface area (Å²) in [4.78, 5) is 0. The maximum absolute atomic E-state index is 2.88. The van der Waals surface area contributed by atoms with Crippen LogP contribution in [0.4, 0.5) is 0 Å². The molecule has 1 radical (unpaired) electrons. The van der Waals surface area contributed by atoms with Crippen molar-refractivity contribution in [2.45, 2.75) is 175 Å². The van der Waals surface area contributed by atoms with Crippen molar-refractivity contribution in [2.75, 3.05) is 0 Å². The van der Waals surface area contributed by atoms with E-state index in [0.29, 0.717) is 0 Å². The molecule has 0 bridgehead atoms. The predicted molar refractivity (Wildman–Crippen MR) is 140 cm³/mol. The molecule has 0 aromatic heterocycles. The topological polar surface area (TPSA) is 0 Å². The Kier molecular flexibility index (Phi) is 25.3. The van der Waals surface area contributed by atoms with E-state index in [1.165, 1.54) is 148 Å². The Bertz CT molecular complexity index is 280. The molecule has 0 N–H and O–H groups in total. The Labute approximate surface area is 193 Å². The van der Waals surface area contributed by atoms with E-state index >= 15 is 0 Å². The van der Waals surface area contributed by atoms with Crippen LogP contribution in [0.2, 0.25) is 0 Å². The molecule has 0 aromatic rings. The largest absolute Gasteiger partial charge is 0.0654 e. The van der Waals surface area contributed by atoms with Crippen LogP contribution >= 0.6 is 0 Å². The molecule has 0 aliphatic heterocycles. The van der Waals surface area contributed by atoms with Crippen LogP contribution in [0.1, 0.15) is 175 Å². The van der Waals surface area contributed by atoms with Crippen LogP contribution in [0.15, 0.2) is 0 Å². The van der Waals surface area contributed by atoms with E-state index in [-0.39, 0.29) is 0 Å². The Balaban J connectivity index is 4.43. The van der Waals surface area contributed by atoms with E-state index in [4.69, 9.17) is 0 Å². The highest BCUT2D eigenvalue weighted by atomic mass is 14.2. The van der Waals surface area contributed by atoms with Gasteiger partial charge in [-0.15, -0.1) is 0 Å². The Morgan fingerprint density at radius 3 is 0.900 bits per heavy atom. The third-order valence-electron chi connectivity index (χ3n) is 7.01. The van der Waals surface area contributed by atoms with E-state index in [0.717, 1.165) is 11.8 Å². The maximum Gasteiger partial charge on any atom is -0.0324 e. The molecule has 0 nitrogen and oxygen atoms in total. The fourth-order valence-electron chi connectivity index (χ4n) is 4.92. The summed E-state index contributed by atoms with van der Waals surface area (Å²) in [6, 6.07) is 0. The van der Waals surface area contributed by atoms with Crippen molar-refractivity contribution in [3.8, 4) is 0 Å². The molecule has 0 saturated heterocycles. The summed E-state index contributed by atoms with van der Waals surface area (Å²) in [5.74, 6) is 1.80. The van der Waals surface area contributed by atoms with Crippen molar-refractivity contribution in [3.63, 3.8) is 0 Å². The van der Waals surface area contributed by atoms with Crippen LogP contribution in [0.5, 0.6) is 0 Å². The summed E-state index contributed by atoms with van der Waals surface area (Å²) in [6.07, 6.45) is 36.0. The lowest BCUT2D eigenvalue weighted by Gasteiger charge is -2.24. The van der Waals surface area contributed by atoms with Crippen molar-refractivity contribution in [1.29, 1.82) is 0 Å². The SMILES string of the molecule is CCCCCCCCC([CH]C(CCCCCCC)CCCCCCC)CCCCC. The first-order valence-electron chi connectivity index (χ1n) is 14.6. The van der Waals surface area contributed by atoms with Gasteiger partial charge >= 0.3 is 0 Å². The fraction of sp³-hybridized carbons (Fsp3) is 0.967.